The van der Waals surface area contributed by atoms with Crippen LogP contribution in [0.3, 0.4) is 0 Å². The minimum Gasteiger partial charge on any atom is -0.497 e. The van der Waals surface area contributed by atoms with E-state index < -0.39 is 0 Å². The maximum Gasteiger partial charge on any atom is 0.276 e. The molecule has 30 heavy (non-hydrogen) atoms. The van der Waals surface area contributed by atoms with Crippen molar-refractivity contribution in [3.8, 4) is 5.75 Å². The number of hydrogen-bond donors (Lipinski definition) is 1. The smallest absolute Gasteiger partial charge is 0.276 e. The molecule has 0 saturated heterocycles. The molecule has 0 unspecified atom stereocenters. The second-order valence-electron chi connectivity index (χ2n) is 6.20. The van der Waals surface area contributed by atoms with E-state index in [0.29, 0.717) is 23.0 Å². The molecule has 0 radical (unpaired) electrons. The highest BCUT2D eigenvalue weighted by molar-refractivity contribution is 8.14. The van der Waals surface area contributed by atoms with E-state index in [4.69, 9.17) is 4.74 Å². The van der Waals surface area contributed by atoms with E-state index in [2.05, 4.69) is 25.6 Å². The van der Waals surface area contributed by atoms with E-state index in [1.54, 1.807) is 37.3 Å². The van der Waals surface area contributed by atoms with Gasteiger partial charge < -0.3 is 10.1 Å². The molecule has 10 heteroatoms. The summed E-state index contributed by atoms with van der Waals surface area (Å²) in [6.07, 6.45) is 4.18. The first-order chi connectivity index (χ1) is 14.6. The topological polar surface area (TPSA) is 93.8 Å². The molecule has 1 aromatic carbocycles. The molecule has 1 N–H and O–H groups in total. The lowest BCUT2D eigenvalue weighted by molar-refractivity contribution is 0.101. The number of aromatic nitrogens is 3. The average molecular weight is 439 g/mol. The van der Waals surface area contributed by atoms with Crippen molar-refractivity contribution in [2.75, 3.05) is 12.4 Å². The number of thioether (sulfide) groups is 1. The summed E-state index contributed by atoms with van der Waals surface area (Å²) < 4.78 is 6.84. The Bertz CT molecular complexity index is 1120. The number of carbonyl (C=O) groups is 1. The maximum absolute atomic E-state index is 13.0. The van der Waals surface area contributed by atoms with Gasteiger partial charge in [-0.05, 0) is 36.4 Å². The van der Waals surface area contributed by atoms with Crippen molar-refractivity contribution in [1.82, 2.24) is 14.8 Å². The van der Waals surface area contributed by atoms with Crippen LogP contribution in [-0.4, -0.2) is 39.0 Å². The van der Waals surface area contributed by atoms with E-state index >= 15 is 0 Å². The first-order valence-electron chi connectivity index (χ1n) is 9.01. The fraction of sp³-hybridized carbons (Fsp3) is 0.150. The van der Waals surface area contributed by atoms with Crippen molar-refractivity contribution in [2.45, 2.75) is 21.2 Å². The van der Waals surface area contributed by atoms with Crippen LogP contribution in [0.15, 0.2) is 73.7 Å². The average Bonchev–Trinajstić information content (AvgIpc) is 3.41. The van der Waals surface area contributed by atoms with E-state index in [-0.39, 0.29) is 5.91 Å². The summed E-state index contributed by atoms with van der Waals surface area (Å²) in [4.78, 5) is 19.3. The largest absolute Gasteiger partial charge is 0.497 e. The molecule has 8 nitrogen and oxygen atoms in total. The van der Waals surface area contributed by atoms with Crippen molar-refractivity contribution in [2.24, 2.45) is 17.3 Å². The number of benzene rings is 1. The molecule has 0 aliphatic carbocycles. The molecule has 3 aromatic rings. The molecule has 1 amide bonds. The Morgan fingerprint density at radius 3 is 2.63 bits per heavy atom. The first kappa shape index (κ1) is 20.2. The van der Waals surface area contributed by atoms with Crippen LogP contribution >= 0.6 is 23.5 Å². The highest BCUT2D eigenvalue weighted by Crippen LogP contribution is 2.33. The quantitative estimate of drug-likeness (QED) is 0.623. The Labute approximate surface area is 181 Å². The minimum atomic E-state index is -0.322. The number of nitrogens with zero attached hydrogens (tertiary/aromatic N) is 5. The number of methoxy groups -OCH3 is 1. The van der Waals surface area contributed by atoms with Gasteiger partial charge in [0.15, 0.2) is 5.82 Å². The number of ether oxygens (including phenoxy) is 1. The summed E-state index contributed by atoms with van der Waals surface area (Å²) >= 11 is 2.86. The number of anilines is 1. The van der Waals surface area contributed by atoms with Crippen molar-refractivity contribution >= 4 is 46.5 Å². The molecular formula is C20H18N6O2S2. The number of pyridine rings is 1. The number of hydrogen-bond acceptors (Lipinski definition) is 8. The van der Waals surface area contributed by atoms with Crippen LogP contribution in [0, 0.1) is 0 Å². The summed E-state index contributed by atoms with van der Waals surface area (Å²) in [5, 5.41) is 16.5. The van der Waals surface area contributed by atoms with Gasteiger partial charge in [0, 0.05) is 41.7 Å². The minimum absolute atomic E-state index is 0.322. The lowest BCUT2D eigenvalue weighted by Gasteiger charge is -2.10. The van der Waals surface area contributed by atoms with Crippen LogP contribution in [0.2, 0.25) is 0 Å². The predicted octanol–water partition coefficient (Wildman–Crippen LogP) is 4.11. The number of rotatable bonds is 6. The zero-order valence-electron chi connectivity index (χ0n) is 16.3. The summed E-state index contributed by atoms with van der Waals surface area (Å²) in [7, 11) is 3.42. The summed E-state index contributed by atoms with van der Waals surface area (Å²) in [6.45, 7) is 0. The third-order valence-corrected chi connectivity index (χ3v) is 6.01. The van der Waals surface area contributed by atoms with Crippen LogP contribution in [0.4, 0.5) is 5.82 Å². The van der Waals surface area contributed by atoms with Gasteiger partial charge >= 0.3 is 0 Å². The molecule has 152 valence electrons. The molecule has 2 aromatic heterocycles. The van der Waals surface area contributed by atoms with Crippen LogP contribution in [-0.2, 0) is 7.05 Å². The van der Waals surface area contributed by atoms with E-state index in [0.717, 1.165) is 20.6 Å². The van der Waals surface area contributed by atoms with Gasteiger partial charge in [0.05, 0.1) is 7.11 Å². The molecular weight excluding hydrogens is 420 g/mol. The third kappa shape index (κ3) is 4.89. The second-order valence-corrected chi connectivity index (χ2v) is 8.41. The zero-order chi connectivity index (χ0) is 20.9. The summed E-state index contributed by atoms with van der Waals surface area (Å²) in [5.74, 6) is 0.921. The van der Waals surface area contributed by atoms with Gasteiger partial charge in [-0.3, -0.25) is 9.48 Å². The normalized spacial score (nSPS) is 12.7. The van der Waals surface area contributed by atoms with Crippen molar-refractivity contribution in [3.63, 3.8) is 0 Å². The Balaban J connectivity index is 1.61. The van der Waals surface area contributed by atoms with E-state index in [1.165, 1.54) is 23.5 Å². The highest BCUT2D eigenvalue weighted by Gasteiger charge is 2.18. The Hall–Kier alpha value is -3.11. The van der Waals surface area contributed by atoms with Crippen molar-refractivity contribution < 1.29 is 9.53 Å². The van der Waals surface area contributed by atoms with E-state index in [9.17, 15) is 4.79 Å². The molecule has 0 spiro atoms. The van der Waals surface area contributed by atoms with Crippen molar-refractivity contribution in [1.29, 1.82) is 0 Å². The second kappa shape index (κ2) is 9.14. The van der Waals surface area contributed by atoms with Gasteiger partial charge in [-0.1, -0.05) is 23.5 Å². The highest BCUT2D eigenvalue weighted by atomic mass is 32.2. The fourth-order valence-electron chi connectivity index (χ4n) is 2.61. The Morgan fingerprint density at radius 1 is 1.13 bits per heavy atom. The molecule has 1 aliphatic rings. The lowest BCUT2D eigenvalue weighted by Crippen LogP contribution is -2.16. The molecule has 0 bridgehead atoms. The van der Waals surface area contributed by atoms with Crippen LogP contribution in [0.25, 0.3) is 0 Å². The number of amides is 1. The molecule has 3 heterocycles. The molecule has 0 saturated carbocycles. The van der Waals surface area contributed by atoms with E-state index in [1.807, 2.05) is 36.4 Å². The monoisotopic (exact) mass is 438 g/mol. The van der Waals surface area contributed by atoms with Crippen molar-refractivity contribution in [3.05, 3.63) is 54.4 Å². The van der Waals surface area contributed by atoms with Crippen LogP contribution in [0.5, 0.6) is 5.75 Å². The van der Waals surface area contributed by atoms with Gasteiger partial charge in [0.2, 0.25) is 0 Å². The molecule has 0 atom stereocenters. The van der Waals surface area contributed by atoms with Gasteiger partial charge in [0.25, 0.3) is 5.91 Å². The first-order valence-corrected chi connectivity index (χ1v) is 10.6. The number of nitrogens with one attached hydrogen (secondary N) is 1. The lowest BCUT2D eigenvalue weighted by atomic mass is 10.3. The van der Waals surface area contributed by atoms with Gasteiger partial charge in [-0.25, -0.2) is 4.98 Å². The number of aryl methyl sites for hydroxylation is 1. The summed E-state index contributed by atoms with van der Waals surface area (Å²) in [6, 6.07) is 13.2. The fourth-order valence-corrected chi connectivity index (χ4v) is 4.26. The Morgan fingerprint density at radius 2 is 1.97 bits per heavy atom. The molecule has 0 fully saturated rings. The van der Waals surface area contributed by atoms with Gasteiger partial charge in [-0.15, -0.1) is 5.10 Å². The summed E-state index contributed by atoms with van der Waals surface area (Å²) in [5.41, 5.74) is 0.325. The standard InChI is InChI=1S/C20H18N6O2S2/c1-26-12-10-16(25-26)22-20(27)19-15(29-14-5-3-13(28-2)4-6-14)7-8-17(23-19)30-18-9-11-21-24-18/h3-8,10-12H,9H2,1-2H3,(H,22,25,27). The SMILES string of the molecule is COc1ccc(Sc2ccc(SC3=NN=CC3)nc2C(=O)Nc2ccn(C)n2)cc1. The van der Waals surface area contributed by atoms with Gasteiger partial charge in [0.1, 0.15) is 21.5 Å². The molecule has 4 rings (SSSR count). The van der Waals surface area contributed by atoms with Crippen LogP contribution in [0.1, 0.15) is 16.9 Å². The Kier molecular flexibility index (Phi) is 6.15. The third-order valence-electron chi connectivity index (χ3n) is 4.03. The van der Waals surface area contributed by atoms with Gasteiger partial charge in [-0.2, -0.15) is 10.2 Å². The number of carbonyl (C=O) groups excluding carboxylic acids is 1. The zero-order valence-corrected chi connectivity index (χ0v) is 17.9. The maximum atomic E-state index is 13.0. The van der Waals surface area contributed by atoms with Crippen LogP contribution < -0.4 is 10.1 Å². The molecule has 1 aliphatic heterocycles. The predicted molar refractivity (Wildman–Crippen MR) is 119 cm³/mol.